The molecular weight excluding hydrogens is 318 g/mol. The maximum atomic E-state index is 6.16. The second-order valence-electron chi connectivity index (χ2n) is 5.54. The molecule has 1 aromatic carbocycles. The molecule has 2 N–H and O–H groups in total. The number of ether oxygens (including phenoxy) is 2. The molecule has 3 nitrogen and oxygen atoms in total. The Kier molecular flexibility index (Phi) is 5.73. The molecule has 1 atom stereocenters. The van der Waals surface area contributed by atoms with Crippen LogP contribution in [0.2, 0.25) is 0 Å². The first-order valence-electron chi connectivity index (χ1n) is 7.39. The zero-order chi connectivity index (χ0) is 14.5. The summed E-state index contributed by atoms with van der Waals surface area (Å²) in [5.74, 6) is 2.07. The lowest BCUT2D eigenvalue weighted by molar-refractivity contribution is 0.200. The zero-order valence-corrected chi connectivity index (χ0v) is 13.9. The van der Waals surface area contributed by atoms with Crippen molar-refractivity contribution < 1.29 is 9.47 Å². The summed E-state index contributed by atoms with van der Waals surface area (Å²) in [5.41, 5.74) is 6.91. The average Bonchev–Trinajstić information content (AvgIpc) is 2.91. The van der Waals surface area contributed by atoms with Crippen LogP contribution in [0, 0.1) is 0 Å². The van der Waals surface area contributed by atoms with Crippen molar-refractivity contribution in [3.05, 3.63) is 22.2 Å². The van der Waals surface area contributed by atoms with Gasteiger partial charge in [-0.1, -0.05) is 6.92 Å². The summed E-state index contributed by atoms with van der Waals surface area (Å²) >= 11 is 3.59. The van der Waals surface area contributed by atoms with Gasteiger partial charge in [-0.25, -0.2) is 0 Å². The number of hydrogen-bond acceptors (Lipinski definition) is 3. The molecule has 112 valence electrons. The molecule has 1 aromatic rings. The lowest BCUT2D eigenvalue weighted by Gasteiger charge is -2.20. The van der Waals surface area contributed by atoms with E-state index >= 15 is 0 Å². The highest BCUT2D eigenvalue weighted by Gasteiger charge is 2.21. The van der Waals surface area contributed by atoms with Crippen LogP contribution < -0.4 is 15.2 Å². The maximum absolute atomic E-state index is 6.16. The lowest BCUT2D eigenvalue weighted by atomic mass is 9.97. The molecular formula is C16H24BrNO2. The topological polar surface area (TPSA) is 44.5 Å². The van der Waals surface area contributed by atoms with E-state index in [1.54, 1.807) is 7.11 Å². The van der Waals surface area contributed by atoms with Gasteiger partial charge in [0.2, 0.25) is 0 Å². The van der Waals surface area contributed by atoms with Crippen molar-refractivity contribution in [1.82, 2.24) is 0 Å². The molecule has 0 saturated heterocycles. The Hall–Kier alpha value is -0.740. The fourth-order valence-corrected chi connectivity index (χ4v) is 3.38. The van der Waals surface area contributed by atoms with E-state index in [2.05, 4.69) is 35.0 Å². The van der Waals surface area contributed by atoms with Crippen LogP contribution >= 0.6 is 15.9 Å². The maximum Gasteiger partial charge on any atom is 0.174 e. The van der Waals surface area contributed by atoms with Gasteiger partial charge in [0.1, 0.15) is 0 Å². The van der Waals surface area contributed by atoms with Gasteiger partial charge in [-0.2, -0.15) is 0 Å². The van der Waals surface area contributed by atoms with Gasteiger partial charge in [-0.15, -0.1) is 0 Å². The van der Waals surface area contributed by atoms with Gasteiger partial charge >= 0.3 is 0 Å². The summed E-state index contributed by atoms with van der Waals surface area (Å²) in [5, 5.41) is 0. The van der Waals surface area contributed by atoms with Crippen molar-refractivity contribution in [3.8, 4) is 11.5 Å². The van der Waals surface area contributed by atoms with Gasteiger partial charge in [-0.3, -0.25) is 0 Å². The molecule has 2 rings (SSSR count). The Morgan fingerprint density at radius 2 is 2.05 bits per heavy atom. The molecule has 1 fully saturated rings. The Balaban J connectivity index is 2.25. The monoisotopic (exact) mass is 341 g/mol. The molecule has 1 aliphatic rings. The highest BCUT2D eigenvalue weighted by Crippen LogP contribution is 2.40. The van der Waals surface area contributed by atoms with E-state index < -0.39 is 0 Å². The van der Waals surface area contributed by atoms with Crippen molar-refractivity contribution in [2.24, 2.45) is 5.73 Å². The van der Waals surface area contributed by atoms with Crippen LogP contribution in [-0.4, -0.2) is 19.8 Å². The third kappa shape index (κ3) is 3.67. The molecule has 0 heterocycles. The smallest absolute Gasteiger partial charge is 0.174 e. The highest BCUT2D eigenvalue weighted by molar-refractivity contribution is 9.10. The van der Waals surface area contributed by atoms with E-state index in [1.807, 2.05) is 0 Å². The molecule has 0 aromatic heterocycles. The Morgan fingerprint density at radius 3 is 2.65 bits per heavy atom. The average molecular weight is 342 g/mol. The highest BCUT2D eigenvalue weighted by atomic mass is 79.9. The van der Waals surface area contributed by atoms with Crippen LogP contribution in [0.5, 0.6) is 11.5 Å². The minimum Gasteiger partial charge on any atom is -0.492 e. The van der Waals surface area contributed by atoms with Gasteiger partial charge in [0.15, 0.2) is 11.5 Å². The predicted octanol–water partition coefficient (Wildman–Crippen LogP) is 4.23. The summed E-state index contributed by atoms with van der Waals surface area (Å²) < 4.78 is 12.6. The molecule has 20 heavy (non-hydrogen) atoms. The summed E-state index contributed by atoms with van der Waals surface area (Å²) in [6, 6.07) is 4.23. The van der Waals surface area contributed by atoms with E-state index in [0.29, 0.717) is 18.6 Å². The van der Waals surface area contributed by atoms with Crippen molar-refractivity contribution in [2.75, 3.05) is 13.7 Å². The number of halogens is 1. The van der Waals surface area contributed by atoms with Crippen molar-refractivity contribution in [2.45, 2.75) is 51.0 Å². The Morgan fingerprint density at radius 1 is 1.35 bits per heavy atom. The van der Waals surface area contributed by atoms with E-state index in [-0.39, 0.29) is 0 Å². The quantitative estimate of drug-likeness (QED) is 0.841. The fraction of sp³-hybridized carbons (Fsp3) is 0.625. The fourth-order valence-electron chi connectivity index (χ4n) is 2.76. The van der Waals surface area contributed by atoms with Gasteiger partial charge in [-0.05, 0) is 78.2 Å². The zero-order valence-electron chi connectivity index (χ0n) is 12.3. The van der Waals surface area contributed by atoms with Gasteiger partial charge in [0.25, 0.3) is 0 Å². The van der Waals surface area contributed by atoms with Crippen LogP contribution in [0.1, 0.15) is 50.5 Å². The molecule has 0 amide bonds. The third-order valence-electron chi connectivity index (χ3n) is 4.00. The first-order chi connectivity index (χ1) is 9.65. The van der Waals surface area contributed by atoms with E-state index in [4.69, 9.17) is 15.2 Å². The largest absolute Gasteiger partial charge is 0.492 e. The molecule has 1 unspecified atom stereocenters. The van der Waals surface area contributed by atoms with E-state index in [9.17, 15) is 0 Å². The van der Waals surface area contributed by atoms with Crippen LogP contribution in [0.3, 0.4) is 0 Å². The van der Waals surface area contributed by atoms with Gasteiger partial charge < -0.3 is 15.2 Å². The van der Waals surface area contributed by atoms with Crippen LogP contribution in [-0.2, 0) is 0 Å². The molecule has 0 bridgehead atoms. The van der Waals surface area contributed by atoms with E-state index in [0.717, 1.165) is 35.2 Å². The minimum absolute atomic E-state index is 0.330. The van der Waals surface area contributed by atoms with Crippen LogP contribution in [0.4, 0.5) is 0 Å². The standard InChI is InChI=1S/C16H24BrNO2/c1-11(7-8-18)12-9-14(17)16(19-2)15(10-12)20-13-5-3-4-6-13/h9-11,13H,3-8,18H2,1-2H3. The number of methoxy groups -OCH3 is 1. The second-order valence-corrected chi connectivity index (χ2v) is 6.39. The molecule has 1 saturated carbocycles. The van der Waals surface area contributed by atoms with Crippen LogP contribution in [0.25, 0.3) is 0 Å². The molecule has 0 radical (unpaired) electrons. The van der Waals surface area contributed by atoms with Crippen molar-refractivity contribution in [1.29, 1.82) is 0 Å². The summed E-state index contributed by atoms with van der Waals surface area (Å²) in [7, 11) is 1.69. The predicted molar refractivity (Wildman–Crippen MR) is 85.7 cm³/mol. The normalized spacial score (nSPS) is 17.2. The summed E-state index contributed by atoms with van der Waals surface area (Å²) in [6.45, 7) is 2.89. The number of benzene rings is 1. The molecule has 0 aliphatic heterocycles. The van der Waals surface area contributed by atoms with Gasteiger partial charge in [0, 0.05) is 0 Å². The number of nitrogens with two attached hydrogens (primary N) is 1. The Labute approximate surface area is 130 Å². The second kappa shape index (κ2) is 7.32. The molecule has 4 heteroatoms. The van der Waals surface area contributed by atoms with Gasteiger partial charge in [0.05, 0.1) is 17.7 Å². The van der Waals surface area contributed by atoms with Crippen molar-refractivity contribution in [3.63, 3.8) is 0 Å². The number of hydrogen-bond donors (Lipinski definition) is 1. The summed E-state index contributed by atoms with van der Waals surface area (Å²) in [6.07, 6.45) is 6.11. The van der Waals surface area contributed by atoms with Crippen molar-refractivity contribution >= 4 is 15.9 Å². The molecule has 0 spiro atoms. The summed E-state index contributed by atoms with van der Waals surface area (Å²) in [4.78, 5) is 0. The Bertz CT molecular complexity index is 444. The number of rotatable bonds is 6. The van der Waals surface area contributed by atoms with Crippen LogP contribution in [0.15, 0.2) is 16.6 Å². The first kappa shape index (κ1) is 15.6. The minimum atomic E-state index is 0.330. The SMILES string of the molecule is COc1c(Br)cc(C(C)CCN)cc1OC1CCCC1. The third-order valence-corrected chi connectivity index (χ3v) is 4.59. The lowest BCUT2D eigenvalue weighted by Crippen LogP contribution is -2.12. The molecule has 1 aliphatic carbocycles. The van der Waals surface area contributed by atoms with E-state index in [1.165, 1.54) is 18.4 Å². The first-order valence-corrected chi connectivity index (χ1v) is 8.19.